The average Bonchev–Trinajstić information content (AvgIpc) is 2.18. The quantitative estimate of drug-likeness (QED) is 0.589. The summed E-state index contributed by atoms with van der Waals surface area (Å²) >= 11 is 1.55. The molecule has 0 radical (unpaired) electrons. The molecule has 5 heteroatoms. The van der Waals surface area contributed by atoms with E-state index < -0.39 is 10.1 Å². The van der Waals surface area contributed by atoms with Crippen LogP contribution in [-0.2, 0) is 14.3 Å². The Kier molecular flexibility index (Phi) is 4.63. The van der Waals surface area contributed by atoms with E-state index in [9.17, 15) is 8.42 Å². The van der Waals surface area contributed by atoms with Crippen LogP contribution in [0.3, 0.4) is 0 Å². The summed E-state index contributed by atoms with van der Waals surface area (Å²) in [7, 11) is -3.56. The van der Waals surface area contributed by atoms with Crippen molar-refractivity contribution in [2.75, 3.05) is 18.6 Å². The highest BCUT2D eigenvalue weighted by atomic mass is 32.2. The fourth-order valence-corrected chi connectivity index (χ4v) is 2.26. The number of hydrogen-bond acceptors (Lipinski definition) is 4. The van der Waals surface area contributed by atoms with Crippen LogP contribution in [0.5, 0.6) is 0 Å². The second kappa shape index (κ2) is 5.53. The van der Waals surface area contributed by atoms with Crippen molar-refractivity contribution in [1.29, 1.82) is 0 Å². The maximum atomic E-state index is 11.6. The van der Waals surface area contributed by atoms with Crippen LogP contribution in [-0.4, -0.2) is 27.0 Å². The van der Waals surface area contributed by atoms with Crippen LogP contribution in [0.2, 0.25) is 0 Å². The maximum Gasteiger partial charge on any atom is 0.296 e. The van der Waals surface area contributed by atoms with Crippen LogP contribution in [0.25, 0.3) is 0 Å². The predicted molar refractivity (Wildman–Crippen MR) is 62.7 cm³/mol. The molecule has 0 amide bonds. The lowest BCUT2D eigenvalue weighted by Crippen LogP contribution is -2.08. The van der Waals surface area contributed by atoms with Crippen molar-refractivity contribution in [2.24, 2.45) is 0 Å². The van der Waals surface area contributed by atoms with Gasteiger partial charge in [-0.05, 0) is 25.3 Å². The molecule has 3 nitrogen and oxygen atoms in total. The Labute approximate surface area is 95.0 Å². The Balaban J connectivity index is 2.73. The zero-order chi connectivity index (χ0) is 11.3. The first-order valence-corrected chi connectivity index (χ1v) is 7.31. The summed E-state index contributed by atoms with van der Waals surface area (Å²) in [5.74, 6) is 0.672. The van der Waals surface area contributed by atoms with Gasteiger partial charge in [0.1, 0.15) is 0 Å². The molecule has 0 unspecified atom stereocenters. The summed E-state index contributed by atoms with van der Waals surface area (Å²) in [4.78, 5) is 0.217. The van der Waals surface area contributed by atoms with Crippen LogP contribution < -0.4 is 0 Å². The van der Waals surface area contributed by atoms with Gasteiger partial charge in [0.15, 0.2) is 0 Å². The molecule has 0 heterocycles. The predicted octanol–water partition coefficient (Wildman–Crippen LogP) is 2.06. The Morgan fingerprint density at radius 3 is 2.40 bits per heavy atom. The van der Waals surface area contributed by atoms with E-state index in [-0.39, 0.29) is 11.5 Å². The normalized spacial score (nSPS) is 11.6. The molecule has 0 spiro atoms. The summed E-state index contributed by atoms with van der Waals surface area (Å²) in [5, 5.41) is 0. The van der Waals surface area contributed by atoms with E-state index in [0.29, 0.717) is 5.75 Å². The molecule has 84 valence electrons. The number of rotatable bonds is 5. The summed E-state index contributed by atoms with van der Waals surface area (Å²) in [5.41, 5.74) is 1.03. The molecular formula is C10H14O3S2. The number of thioether (sulfide) groups is 1. The van der Waals surface area contributed by atoms with Crippen molar-refractivity contribution >= 4 is 21.9 Å². The average molecular weight is 246 g/mol. The highest BCUT2D eigenvalue weighted by Crippen LogP contribution is 2.13. The molecule has 0 saturated carbocycles. The lowest BCUT2D eigenvalue weighted by molar-refractivity contribution is 0.341. The molecule has 0 aliphatic heterocycles. The van der Waals surface area contributed by atoms with Gasteiger partial charge in [-0.15, -0.1) is 0 Å². The first-order valence-electron chi connectivity index (χ1n) is 4.51. The van der Waals surface area contributed by atoms with Gasteiger partial charge in [0.05, 0.1) is 11.5 Å². The number of benzene rings is 1. The standard InChI is InChI=1S/C10H14O3S2/c1-9-3-5-10(6-4-9)15(11,12)13-7-8-14-2/h3-6H,7-8H2,1-2H3. The second-order valence-electron chi connectivity index (χ2n) is 3.08. The lowest BCUT2D eigenvalue weighted by atomic mass is 10.2. The summed E-state index contributed by atoms with van der Waals surface area (Å²) in [6, 6.07) is 6.63. The zero-order valence-corrected chi connectivity index (χ0v) is 10.4. The van der Waals surface area contributed by atoms with Gasteiger partial charge < -0.3 is 0 Å². The van der Waals surface area contributed by atoms with Crippen LogP contribution in [0.4, 0.5) is 0 Å². The van der Waals surface area contributed by atoms with Crippen LogP contribution in [0, 0.1) is 6.92 Å². The van der Waals surface area contributed by atoms with E-state index in [2.05, 4.69) is 0 Å². The zero-order valence-electron chi connectivity index (χ0n) is 8.76. The lowest BCUT2D eigenvalue weighted by Gasteiger charge is -2.04. The molecule has 0 fully saturated rings. The molecule has 0 aromatic heterocycles. The molecular weight excluding hydrogens is 232 g/mol. The summed E-state index contributed by atoms with van der Waals surface area (Å²) in [6.45, 7) is 2.13. The fourth-order valence-electron chi connectivity index (χ4n) is 1.00. The van der Waals surface area contributed by atoms with Crippen molar-refractivity contribution in [3.8, 4) is 0 Å². The van der Waals surface area contributed by atoms with Gasteiger partial charge in [0, 0.05) is 5.75 Å². The van der Waals surface area contributed by atoms with Crippen molar-refractivity contribution in [3.63, 3.8) is 0 Å². The minimum atomic E-state index is -3.56. The fraction of sp³-hybridized carbons (Fsp3) is 0.400. The molecule has 1 aromatic rings. The minimum absolute atomic E-state index is 0.217. The monoisotopic (exact) mass is 246 g/mol. The van der Waals surface area contributed by atoms with E-state index in [1.807, 2.05) is 13.2 Å². The van der Waals surface area contributed by atoms with Crippen molar-refractivity contribution in [2.45, 2.75) is 11.8 Å². The maximum absolute atomic E-state index is 11.6. The molecule has 1 rings (SSSR count). The first kappa shape index (κ1) is 12.5. The van der Waals surface area contributed by atoms with Crippen molar-refractivity contribution in [1.82, 2.24) is 0 Å². The molecule has 0 aliphatic rings. The third-order valence-electron chi connectivity index (χ3n) is 1.84. The van der Waals surface area contributed by atoms with Gasteiger partial charge in [0.2, 0.25) is 0 Å². The number of aryl methyl sites for hydroxylation is 1. The number of hydrogen-bond donors (Lipinski definition) is 0. The molecule has 0 N–H and O–H groups in total. The minimum Gasteiger partial charge on any atom is -0.266 e. The Morgan fingerprint density at radius 2 is 1.87 bits per heavy atom. The van der Waals surface area contributed by atoms with E-state index in [4.69, 9.17) is 4.18 Å². The molecule has 0 atom stereocenters. The van der Waals surface area contributed by atoms with Gasteiger partial charge in [0.25, 0.3) is 10.1 Å². The van der Waals surface area contributed by atoms with Gasteiger partial charge >= 0.3 is 0 Å². The largest absolute Gasteiger partial charge is 0.296 e. The van der Waals surface area contributed by atoms with Gasteiger partial charge in [-0.25, -0.2) is 0 Å². The van der Waals surface area contributed by atoms with Gasteiger partial charge in [-0.1, -0.05) is 17.7 Å². The topological polar surface area (TPSA) is 43.4 Å². The van der Waals surface area contributed by atoms with Crippen molar-refractivity contribution in [3.05, 3.63) is 29.8 Å². The van der Waals surface area contributed by atoms with Gasteiger partial charge in [-0.2, -0.15) is 20.2 Å². The molecule has 1 aromatic carbocycles. The van der Waals surface area contributed by atoms with Crippen molar-refractivity contribution < 1.29 is 12.6 Å². The SMILES string of the molecule is CSCCOS(=O)(=O)c1ccc(C)cc1. The summed E-state index contributed by atoms with van der Waals surface area (Å²) in [6.07, 6.45) is 1.90. The van der Waals surface area contributed by atoms with Gasteiger partial charge in [-0.3, -0.25) is 4.18 Å². The first-order chi connectivity index (χ1) is 7.06. The van der Waals surface area contributed by atoms with E-state index in [0.717, 1.165) is 5.56 Å². The Hall–Kier alpha value is -0.520. The highest BCUT2D eigenvalue weighted by molar-refractivity contribution is 7.98. The highest BCUT2D eigenvalue weighted by Gasteiger charge is 2.13. The molecule has 15 heavy (non-hydrogen) atoms. The Bertz CT molecular complexity index is 395. The Morgan fingerprint density at radius 1 is 1.27 bits per heavy atom. The smallest absolute Gasteiger partial charge is 0.266 e. The van der Waals surface area contributed by atoms with Crippen LogP contribution in [0.15, 0.2) is 29.2 Å². The third-order valence-corrected chi connectivity index (χ3v) is 3.74. The van der Waals surface area contributed by atoms with E-state index >= 15 is 0 Å². The van der Waals surface area contributed by atoms with E-state index in [1.165, 1.54) is 0 Å². The van der Waals surface area contributed by atoms with E-state index in [1.54, 1.807) is 36.0 Å². The third kappa shape index (κ3) is 3.85. The van der Waals surface area contributed by atoms with Crippen LogP contribution in [0.1, 0.15) is 5.56 Å². The molecule has 0 aliphatic carbocycles. The molecule has 0 saturated heterocycles. The second-order valence-corrected chi connectivity index (χ2v) is 5.68. The van der Waals surface area contributed by atoms with Crippen LogP contribution >= 0.6 is 11.8 Å². The summed E-state index contributed by atoms with van der Waals surface area (Å²) < 4.78 is 28.0. The molecule has 0 bridgehead atoms.